The van der Waals surface area contributed by atoms with Gasteiger partial charge in [0.25, 0.3) is 5.91 Å². The smallest absolute Gasteiger partial charge is 0.258 e. The van der Waals surface area contributed by atoms with E-state index < -0.39 is 0 Å². The summed E-state index contributed by atoms with van der Waals surface area (Å²) in [6.45, 7) is 2.83. The first-order chi connectivity index (χ1) is 11.2. The summed E-state index contributed by atoms with van der Waals surface area (Å²) < 4.78 is 16.2. The molecule has 122 valence electrons. The highest BCUT2D eigenvalue weighted by molar-refractivity contribution is 5.77. The molecule has 0 aliphatic rings. The average Bonchev–Trinajstić information content (AvgIpc) is 2.59. The summed E-state index contributed by atoms with van der Waals surface area (Å²) in [5.41, 5.74) is 0.931. The van der Waals surface area contributed by atoms with Crippen LogP contribution in [0.4, 0.5) is 0 Å². The molecule has 0 radical (unpaired) electrons. The fraction of sp³-hybridized carbons (Fsp3) is 0.278. The van der Waals surface area contributed by atoms with E-state index in [4.69, 9.17) is 14.2 Å². The summed E-state index contributed by atoms with van der Waals surface area (Å²) in [5, 5.41) is 2.82. The van der Waals surface area contributed by atoms with E-state index in [1.165, 1.54) is 0 Å². The van der Waals surface area contributed by atoms with Gasteiger partial charge in [-0.1, -0.05) is 30.3 Å². The second-order valence-electron chi connectivity index (χ2n) is 4.76. The van der Waals surface area contributed by atoms with E-state index in [2.05, 4.69) is 5.32 Å². The molecule has 23 heavy (non-hydrogen) atoms. The van der Waals surface area contributed by atoms with Crippen LogP contribution in [0.15, 0.2) is 48.5 Å². The molecule has 5 nitrogen and oxygen atoms in total. The second-order valence-corrected chi connectivity index (χ2v) is 4.76. The molecule has 0 heterocycles. The fourth-order valence-corrected chi connectivity index (χ4v) is 2.07. The SMILES string of the molecule is CCOc1ccccc1CNC(=O)COc1ccccc1OC. The average molecular weight is 315 g/mol. The van der Waals surface area contributed by atoms with Crippen LogP contribution in [-0.4, -0.2) is 26.2 Å². The van der Waals surface area contributed by atoms with Gasteiger partial charge in [-0.25, -0.2) is 0 Å². The lowest BCUT2D eigenvalue weighted by Gasteiger charge is -2.12. The van der Waals surface area contributed by atoms with Crippen molar-refractivity contribution in [1.29, 1.82) is 0 Å². The summed E-state index contributed by atoms with van der Waals surface area (Å²) in [6.07, 6.45) is 0. The lowest BCUT2D eigenvalue weighted by atomic mass is 10.2. The molecule has 1 amide bonds. The van der Waals surface area contributed by atoms with Crippen LogP contribution in [-0.2, 0) is 11.3 Å². The molecule has 5 heteroatoms. The van der Waals surface area contributed by atoms with Crippen molar-refractivity contribution in [3.63, 3.8) is 0 Å². The monoisotopic (exact) mass is 315 g/mol. The minimum absolute atomic E-state index is 0.0722. The molecule has 0 aliphatic heterocycles. The van der Waals surface area contributed by atoms with Crippen molar-refractivity contribution in [3.05, 3.63) is 54.1 Å². The van der Waals surface area contributed by atoms with E-state index in [1.54, 1.807) is 19.2 Å². The molecule has 2 rings (SSSR count). The van der Waals surface area contributed by atoms with Gasteiger partial charge in [0.15, 0.2) is 18.1 Å². The predicted molar refractivity (Wildman–Crippen MR) is 87.9 cm³/mol. The van der Waals surface area contributed by atoms with Gasteiger partial charge in [-0.2, -0.15) is 0 Å². The Kier molecular flexibility index (Phi) is 6.29. The van der Waals surface area contributed by atoms with Crippen LogP contribution in [0.5, 0.6) is 17.2 Å². The standard InChI is InChI=1S/C18H21NO4/c1-3-22-15-9-5-4-8-14(15)12-19-18(20)13-23-17-11-7-6-10-16(17)21-2/h4-11H,3,12-13H2,1-2H3,(H,19,20). The molecule has 0 aliphatic carbocycles. The van der Waals surface area contributed by atoms with Gasteiger partial charge in [0.1, 0.15) is 5.75 Å². The zero-order chi connectivity index (χ0) is 16.5. The van der Waals surface area contributed by atoms with Gasteiger partial charge < -0.3 is 19.5 Å². The Balaban J connectivity index is 1.86. The Hall–Kier alpha value is -2.69. The number of nitrogens with one attached hydrogen (secondary N) is 1. The Morgan fingerprint density at radius 1 is 0.957 bits per heavy atom. The summed E-state index contributed by atoms with van der Waals surface area (Å²) >= 11 is 0. The fourth-order valence-electron chi connectivity index (χ4n) is 2.07. The molecule has 0 fully saturated rings. The molecule has 2 aromatic rings. The molecule has 0 saturated carbocycles. The molecule has 2 aromatic carbocycles. The van der Waals surface area contributed by atoms with E-state index in [-0.39, 0.29) is 12.5 Å². The van der Waals surface area contributed by atoms with Crippen LogP contribution in [0.25, 0.3) is 0 Å². The molecular formula is C18H21NO4. The van der Waals surface area contributed by atoms with Crippen LogP contribution in [0, 0.1) is 0 Å². The maximum Gasteiger partial charge on any atom is 0.258 e. The minimum Gasteiger partial charge on any atom is -0.494 e. The molecular weight excluding hydrogens is 294 g/mol. The zero-order valence-corrected chi connectivity index (χ0v) is 13.4. The van der Waals surface area contributed by atoms with E-state index in [9.17, 15) is 4.79 Å². The summed E-state index contributed by atoms with van der Waals surface area (Å²) in [6, 6.07) is 14.8. The minimum atomic E-state index is -0.206. The Bertz CT molecular complexity index is 642. The number of ether oxygens (including phenoxy) is 3. The second kappa shape index (κ2) is 8.68. The van der Waals surface area contributed by atoms with Crippen molar-refractivity contribution in [2.45, 2.75) is 13.5 Å². The first-order valence-electron chi connectivity index (χ1n) is 7.47. The number of methoxy groups -OCH3 is 1. The van der Waals surface area contributed by atoms with Gasteiger partial charge in [0.05, 0.1) is 13.7 Å². The molecule has 0 atom stereocenters. The number of carbonyl (C=O) groups is 1. The molecule has 1 N–H and O–H groups in total. The van der Waals surface area contributed by atoms with Crippen LogP contribution < -0.4 is 19.5 Å². The van der Waals surface area contributed by atoms with Crippen molar-refractivity contribution >= 4 is 5.91 Å². The van der Waals surface area contributed by atoms with Crippen molar-refractivity contribution in [2.24, 2.45) is 0 Å². The van der Waals surface area contributed by atoms with Crippen LogP contribution in [0.2, 0.25) is 0 Å². The maximum atomic E-state index is 11.9. The van der Waals surface area contributed by atoms with E-state index >= 15 is 0 Å². The largest absolute Gasteiger partial charge is 0.494 e. The first-order valence-corrected chi connectivity index (χ1v) is 7.47. The Morgan fingerprint density at radius 3 is 2.30 bits per heavy atom. The highest BCUT2D eigenvalue weighted by Gasteiger charge is 2.08. The summed E-state index contributed by atoms with van der Waals surface area (Å²) in [7, 11) is 1.56. The van der Waals surface area contributed by atoms with Crippen molar-refractivity contribution in [1.82, 2.24) is 5.32 Å². The van der Waals surface area contributed by atoms with Crippen molar-refractivity contribution in [3.8, 4) is 17.2 Å². The molecule has 0 unspecified atom stereocenters. The van der Waals surface area contributed by atoms with Gasteiger partial charge in [-0.05, 0) is 25.1 Å². The van der Waals surface area contributed by atoms with Crippen molar-refractivity contribution in [2.75, 3.05) is 20.3 Å². The first kappa shape index (κ1) is 16.7. The third-order valence-corrected chi connectivity index (χ3v) is 3.18. The number of hydrogen-bond acceptors (Lipinski definition) is 4. The van der Waals surface area contributed by atoms with Gasteiger partial charge >= 0.3 is 0 Å². The van der Waals surface area contributed by atoms with Crippen LogP contribution >= 0.6 is 0 Å². The number of amides is 1. The normalized spacial score (nSPS) is 10.0. The van der Waals surface area contributed by atoms with Gasteiger partial charge in [-0.3, -0.25) is 4.79 Å². The molecule has 0 saturated heterocycles. The quantitative estimate of drug-likeness (QED) is 0.814. The van der Waals surface area contributed by atoms with E-state index in [0.29, 0.717) is 24.7 Å². The zero-order valence-electron chi connectivity index (χ0n) is 13.4. The maximum absolute atomic E-state index is 11.9. The topological polar surface area (TPSA) is 56.8 Å². The third-order valence-electron chi connectivity index (χ3n) is 3.18. The van der Waals surface area contributed by atoms with Gasteiger partial charge in [0.2, 0.25) is 0 Å². The Labute approximate surface area is 136 Å². The van der Waals surface area contributed by atoms with Gasteiger partial charge in [0, 0.05) is 12.1 Å². The molecule has 0 bridgehead atoms. The van der Waals surface area contributed by atoms with Gasteiger partial charge in [-0.15, -0.1) is 0 Å². The number of hydrogen-bond donors (Lipinski definition) is 1. The lowest BCUT2D eigenvalue weighted by molar-refractivity contribution is -0.123. The number of para-hydroxylation sites is 3. The van der Waals surface area contributed by atoms with Crippen LogP contribution in [0.3, 0.4) is 0 Å². The number of benzene rings is 2. The lowest BCUT2D eigenvalue weighted by Crippen LogP contribution is -2.28. The molecule has 0 aromatic heterocycles. The highest BCUT2D eigenvalue weighted by atomic mass is 16.5. The number of carbonyl (C=O) groups excluding carboxylic acids is 1. The van der Waals surface area contributed by atoms with E-state index in [0.717, 1.165) is 11.3 Å². The highest BCUT2D eigenvalue weighted by Crippen LogP contribution is 2.25. The third kappa shape index (κ3) is 4.92. The number of rotatable bonds is 8. The summed E-state index contributed by atoms with van der Waals surface area (Å²) in [4.78, 5) is 11.9. The van der Waals surface area contributed by atoms with E-state index in [1.807, 2.05) is 43.3 Å². The predicted octanol–water partition coefficient (Wildman–Crippen LogP) is 2.79. The molecule has 0 spiro atoms. The van der Waals surface area contributed by atoms with Crippen molar-refractivity contribution < 1.29 is 19.0 Å². The summed E-state index contributed by atoms with van der Waals surface area (Å²) in [5.74, 6) is 1.71. The van der Waals surface area contributed by atoms with Crippen LogP contribution in [0.1, 0.15) is 12.5 Å². The Morgan fingerprint density at radius 2 is 1.61 bits per heavy atom.